The van der Waals surface area contributed by atoms with E-state index in [2.05, 4.69) is 16.8 Å². The highest BCUT2D eigenvalue weighted by atomic mass is 32.2. The van der Waals surface area contributed by atoms with Gasteiger partial charge in [0, 0.05) is 23.5 Å². The van der Waals surface area contributed by atoms with E-state index in [0.717, 1.165) is 33.6 Å². The number of ketones is 1. The molecule has 0 aliphatic carbocycles. The van der Waals surface area contributed by atoms with Gasteiger partial charge in [-0.2, -0.15) is 0 Å². The van der Waals surface area contributed by atoms with Crippen molar-refractivity contribution in [3.63, 3.8) is 0 Å². The van der Waals surface area contributed by atoms with Gasteiger partial charge in [-0.15, -0.1) is 11.8 Å². The third kappa shape index (κ3) is 3.36. The SMILES string of the molecule is CSc1cccc(C(=O)c2cnc(N3CCCC(C)C3)s2)c1. The zero-order valence-electron chi connectivity index (χ0n) is 12.9. The summed E-state index contributed by atoms with van der Waals surface area (Å²) in [7, 11) is 0. The summed E-state index contributed by atoms with van der Waals surface area (Å²) in [6.45, 7) is 4.37. The van der Waals surface area contributed by atoms with Crippen molar-refractivity contribution in [3.8, 4) is 0 Å². The largest absolute Gasteiger partial charge is 0.348 e. The smallest absolute Gasteiger partial charge is 0.204 e. The molecule has 2 heterocycles. The fourth-order valence-corrected chi connectivity index (χ4v) is 4.16. The minimum absolute atomic E-state index is 0.0738. The number of rotatable bonds is 4. The van der Waals surface area contributed by atoms with E-state index in [-0.39, 0.29) is 5.78 Å². The number of thioether (sulfide) groups is 1. The minimum Gasteiger partial charge on any atom is -0.348 e. The number of hydrogen-bond donors (Lipinski definition) is 0. The number of hydrogen-bond acceptors (Lipinski definition) is 5. The maximum atomic E-state index is 12.6. The molecule has 0 bridgehead atoms. The van der Waals surface area contributed by atoms with Crippen molar-refractivity contribution < 1.29 is 4.79 Å². The van der Waals surface area contributed by atoms with Crippen molar-refractivity contribution >= 4 is 34.0 Å². The molecule has 116 valence electrons. The maximum absolute atomic E-state index is 12.6. The number of aromatic nitrogens is 1. The van der Waals surface area contributed by atoms with Gasteiger partial charge in [-0.25, -0.2) is 4.98 Å². The zero-order valence-corrected chi connectivity index (χ0v) is 14.5. The van der Waals surface area contributed by atoms with E-state index in [1.807, 2.05) is 30.5 Å². The number of anilines is 1. The lowest BCUT2D eigenvalue weighted by atomic mass is 10.0. The van der Waals surface area contributed by atoms with Gasteiger partial charge in [0.25, 0.3) is 0 Å². The van der Waals surface area contributed by atoms with Gasteiger partial charge in [0.1, 0.15) is 0 Å². The minimum atomic E-state index is 0.0738. The molecule has 1 aromatic heterocycles. The van der Waals surface area contributed by atoms with Gasteiger partial charge >= 0.3 is 0 Å². The molecule has 0 saturated carbocycles. The van der Waals surface area contributed by atoms with E-state index in [1.54, 1.807) is 18.0 Å². The second kappa shape index (κ2) is 6.84. The quantitative estimate of drug-likeness (QED) is 0.616. The van der Waals surface area contributed by atoms with Crippen LogP contribution in [0.3, 0.4) is 0 Å². The van der Waals surface area contributed by atoms with Gasteiger partial charge in [-0.3, -0.25) is 4.79 Å². The van der Waals surface area contributed by atoms with Crippen LogP contribution < -0.4 is 4.90 Å². The molecule has 1 aromatic carbocycles. The van der Waals surface area contributed by atoms with Crippen LogP contribution in [-0.4, -0.2) is 30.1 Å². The molecule has 0 radical (unpaired) electrons. The first-order chi connectivity index (χ1) is 10.7. The highest BCUT2D eigenvalue weighted by Crippen LogP contribution is 2.29. The van der Waals surface area contributed by atoms with Gasteiger partial charge in [-0.1, -0.05) is 30.4 Å². The monoisotopic (exact) mass is 332 g/mol. The highest BCUT2D eigenvalue weighted by Gasteiger charge is 2.21. The molecule has 5 heteroatoms. The Bertz CT molecular complexity index is 668. The highest BCUT2D eigenvalue weighted by molar-refractivity contribution is 7.98. The zero-order chi connectivity index (χ0) is 15.5. The van der Waals surface area contributed by atoms with Gasteiger partial charge in [0.05, 0.1) is 11.1 Å². The first kappa shape index (κ1) is 15.6. The van der Waals surface area contributed by atoms with E-state index >= 15 is 0 Å². The molecule has 0 N–H and O–H groups in total. The van der Waals surface area contributed by atoms with Crippen molar-refractivity contribution in [1.29, 1.82) is 0 Å². The fraction of sp³-hybridized carbons (Fsp3) is 0.412. The van der Waals surface area contributed by atoms with E-state index in [9.17, 15) is 4.79 Å². The van der Waals surface area contributed by atoms with E-state index in [4.69, 9.17) is 0 Å². The summed E-state index contributed by atoms with van der Waals surface area (Å²) >= 11 is 3.17. The first-order valence-corrected chi connectivity index (χ1v) is 9.61. The number of thiazole rings is 1. The van der Waals surface area contributed by atoms with E-state index in [0.29, 0.717) is 5.92 Å². The van der Waals surface area contributed by atoms with Gasteiger partial charge in [-0.05, 0) is 37.1 Å². The van der Waals surface area contributed by atoms with Crippen molar-refractivity contribution in [2.75, 3.05) is 24.2 Å². The second-order valence-corrected chi connectivity index (χ2v) is 7.65. The lowest BCUT2D eigenvalue weighted by Crippen LogP contribution is -2.34. The summed E-state index contributed by atoms with van der Waals surface area (Å²) in [6, 6.07) is 7.79. The van der Waals surface area contributed by atoms with Crippen LogP contribution in [-0.2, 0) is 0 Å². The van der Waals surface area contributed by atoms with Gasteiger partial charge < -0.3 is 4.90 Å². The Morgan fingerprint density at radius 2 is 2.32 bits per heavy atom. The molecule has 1 saturated heterocycles. The molecule has 1 aliphatic rings. The van der Waals surface area contributed by atoms with Crippen molar-refractivity contribution in [2.45, 2.75) is 24.7 Å². The summed E-state index contributed by atoms with van der Waals surface area (Å²) in [5.41, 5.74) is 0.745. The van der Waals surface area contributed by atoms with Crippen LogP contribution in [0.25, 0.3) is 0 Å². The molecule has 3 nitrogen and oxygen atoms in total. The normalized spacial score (nSPS) is 18.5. The number of benzene rings is 1. The lowest BCUT2D eigenvalue weighted by molar-refractivity contribution is 0.104. The average Bonchev–Trinajstić information content (AvgIpc) is 3.04. The molecule has 3 rings (SSSR count). The molecular weight excluding hydrogens is 312 g/mol. The van der Waals surface area contributed by atoms with Crippen LogP contribution in [0.2, 0.25) is 0 Å². The number of carbonyl (C=O) groups excluding carboxylic acids is 1. The third-order valence-electron chi connectivity index (χ3n) is 3.98. The second-order valence-electron chi connectivity index (χ2n) is 5.76. The Labute approximate surface area is 139 Å². The molecule has 2 aromatic rings. The van der Waals surface area contributed by atoms with Crippen LogP contribution in [0.1, 0.15) is 35.0 Å². The van der Waals surface area contributed by atoms with Crippen LogP contribution in [0.5, 0.6) is 0 Å². The van der Waals surface area contributed by atoms with Crippen LogP contribution in [0, 0.1) is 5.92 Å². The summed E-state index contributed by atoms with van der Waals surface area (Å²) in [5.74, 6) is 0.778. The standard InChI is InChI=1S/C17H20N2OS2/c1-12-5-4-8-19(11-12)17-18-10-15(22-17)16(20)13-6-3-7-14(9-13)21-2/h3,6-7,9-10,12H,4-5,8,11H2,1-2H3. The summed E-state index contributed by atoms with van der Waals surface area (Å²) in [6.07, 6.45) is 6.24. The Morgan fingerprint density at radius 1 is 1.45 bits per heavy atom. The Kier molecular flexibility index (Phi) is 4.84. The van der Waals surface area contributed by atoms with E-state index in [1.165, 1.54) is 24.2 Å². The predicted molar refractivity (Wildman–Crippen MR) is 94.4 cm³/mol. The van der Waals surface area contributed by atoms with Crippen molar-refractivity contribution in [3.05, 3.63) is 40.9 Å². The van der Waals surface area contributed by atoms with Crippen molar-refractivity contribution in [1.82, 2.24) is 4.98 Å². The average molecular weight is 332 g/mol. The third-order valence-corrected chi connectivity index (χ3v) is 5.76. The van der Waals surface area contributed by atoms with Gasteiger partial charge in [0.2, 0.25) is 5.78 Å². The molecule has 22 heavy (non-hydrogen) atoms. The topological polar surface area (TPSA) is 33.2 Å². The molecule has 1 atom stereocenters. The van der Waals surface area contributed by atoms with Crippen LogP contribution in [0.15, 0.2) is 35.4 Å². The first-order valence-electron chi connectivity index (χ1n) is 7.57. The predicted octanol–water partition coefficient (Wildman–Crippen LogP) is 4.33. The van der Waals surface area contributed by atoms with Crippen LogP contribution in [0.4, 0.5) is 5.13 Å². The molecule has 1 unspecified atom stereocenters. The Balaban J connectivity index is 1.79. The Hall–Kier alpha value is -1.33. The number of nitrogens with zero attached hydrogens (tertiary/aromatic N) is 2. The summed E-state index contributed by atoms with van der Waals surface area (Å²) in [5, 5.41) is 0.982. The molecule has 0 spiro atoms. The fourth-order valence-electron chi connectivity index (χ4n) is 2.79. The molecular formula is C17H20N2OS2. The Morgan fingerprint density at radius 3 is 3.09 bits per heavy atom. The lowest BCUT2D eigenvalue weighted by Gasteiger charge is -2.30. The van der Waals surface area contributed by atoms with E-state index < -0.39 is 0 Å². The molecule has 0 amide bonds. The van der Waals surface area contributed by atoms with Gasteiger partial charge in [0.15, 0.2) is 5.13 Å². The summed E-state index contributed by atoms with van der Waals surface area (Å²) < 4.78 is 0. The summed E-state index contributed by atoms with van der Waals surface area (Å²) in [4.78, 5) is 21.3. The molecule has 1 aliphatic heterocycles. The van der Waals surface area contributed by atoms with Crippen LogP contribution >= 0.6 is 23.1 Å². The number of piperidine rings is 1. The maximum Gasteiger partial charge on any atom is 0.204 e. The molecule has 1 fully saturated rings. The van der Waals surface area contributed by atoms with Crippen molar-refractivity contribution in [2.24, 2.45) is 5.92 Å². The number of carbonyl (C=O) groups is 1.